The molecule has 4 nitrogen and oxygen atoms in total. The van der Waals surface area contributed by atoms with Crippen LogP contribution in [0.5, 0.6) is 0 Å². The minimum atomic E-state index is 0.0873. The Hall–Kier alpha value is -1.58. The maximum Gasteiger partial charge on any atom is 0.256 e. The molecule has 1 aromatic rings. The molecule has 18 heavy (non-hydrogen) atoms. The van der Waals surface area contributed by atoms with E-state index in [9.17, 15) is 4.79 Å². The van der Waals surface area contributed by atoms with Gasteiger partial charge in [0.2, 0.25) is 0 Å². The standard InChI is InChI=1S/C14H19N3O/c15-12-9-16-7-5-11(12)14(18)17-8-6-10-3-1-2-4-13(10)17/h5,7,9-10,13H,1-4,6,8,15H2. The predicted molar refractivity (Wildman–Crippen MR) is 70.0 cm³/mol. The number of nitrogens with two attached hydrogens (primary N) is 1. The molecule has 1 saturated heterocycles. The summed E-state index contributed by atoms with van der Waals surface area (Å²) in [4.78, 5) is 18.5. The third kappa shape index (κ3) is 1.85. The molecule has 1 aromatic heterocycles. The molecule has 3 rings (SSSR count). The minimum Gasteiger partial charge on any atom is -0.397 e. The quantitative estimate of drug-likeness (QED) is 0.824. The van der Waals surface area contributed by atoms with Gasteiger partial charge >= 0.3 is 0 Å². The zero-order chi connectivity index (χ0) is 12.5. The molecule has 0 radical (unpaired) electrons. The Morgan fingerprint density at radius 3 is 3.00 bits per heavy atom. The van der Waals surface area contributed by atoms with Crippen LogP contribution in [0.4, 0.5) is 5.69 Å². The minimum absolute atomic E-state index is 0.0873. The summed E-state index contributed by atoms with van der Waals surface area (Å²) >= 11 is 0. The molecule has 0 bridgehead atoms. The molecule has 1 aliphatic heterocycles. The van der Waals surface area contributed by atoms with Crippen LogP contribution in [-0.4, -0.2) is 28.4 Å². The molecule has 2 heterocycles. The smallest absolute Gasteiger partial charge is 0.256 e. The molecular formula is C14H19N3O. The lowest BCUT2D eigenvalue weighted by atomic mass is 9.85. The van der Waals surface area contributed by atoms with Gasteiger partial charge in [0.05, 0.1) is 17.4 Å². The zero-order valence-corrected chi connectivity index (χ0v) is 10.5. The molecule has 2 N–H and O–H groups in total. The van der Waals surface area contributed by atoms with E-state index in [4.69, 9.17) is 5.73 Å². The molecule has 1 saturated carbocycles. The van der Waals surface area contributed by atoms with E-state index >= 15 is 0 Å². The first-order chi connectivity index (χ1) is 8.77. The van der Waals surface area contributed by atoms with Crippen molar-refractivity contribution in [3.63, 3.8) is 0 Å². The van der Waals surface area contributed by atoms with E-state index in [0.29, 0.717) is 23.2 Å². The van der Waals surface area contributed by atoms with Crippen LogP contribution in [0, 0.1) is 5.92 Å². The maximum absolute atomic E-state index is 12.5. The number of hydrogen-bond acceptors (Lipinski definition) is 3. The third-order valence-electron chi connectivity index (χ3n) is 4.35. The fraction of sp³-hybridized carbons (Fsp3) is 0.571. The highest BCUT2D eigenvalue weighted by molar-refractivity contribution is 5.99. The van der Waals surface area contributed by atoms with Crippen LogP contribution >= 0.6 is 0 Å². The number of hydrogen-bond donors (Lipinski definition) is 1. The van der Waals surface area contributed by atoms with E-state index in [1.165, 1.54) is 19.3 Å². The van der Waals surface area contributed by atoms with Crippen molar-refractivity contribution in [1.29, 1.82) is 0 Å². The Morgan fingerprint density at radius 2 is 2.17 bits per heavy atom. The number of carbonyl (C=O) groups excluding carboxylic acids is 1. The molecule has 96 valence electrons. The van der Waals surface area contributed by atoms with E-state index in [-0.39, 0.29) is 5.91 Å². The Bertz CT molecular complexity index is 460. The molecule has 2 fully saturated rings. The summed E-state index contributed by atoms with van der Waals surface area (Å²) in [5, 5.41) is 0. The van der Waals surface area contributed by atoms with Crippen LogP contribution in [0.3, 0.4) is 0 Å². The van der Waals surface area contributed by atoms with E-state index in [1.807, 2.05) is 4.90 Å². The van der Waals surface area contributed by atoms with Gasteiger partial charge < -0.3 is 10.6 Å². The van der Waals surface area contributed by atoms with Crippen molar-refractivity contribution in [3.05, 3.63) is 24.0 Å². The SMILES string of the molecule is Nc1cnccc1C(=O)N1CCC2CCCCC21. The van der Waals surface area contributed by atoms with E-state index in [1.54, 1.807) is 18.5 Å². The van der Waals surface area contributed by atoms with Crippen LogP contribution < -0.4 is 5.73 Å². The number of pyridine rings is 1. The molecule has 2 unspecified atom stereocenters. The molecule has 4 heteroatoms. The summed E-state index contributed by atoms with van der Waals surface area (Å²) in [7, 11) is 0. The summed E-state index contributed by atoms with van der Waals surface area (Å²) in [5.41, 5.74) is 6.94. The Kier molecular flexibility index (Phi) is 2.94. The maximum atomic E-state index is 12.5. The Balaban J connectivity index is 1.83. The second kappa shape index (κ2) is 4.59. The first kappa shape index (κ1) is 11.5. The summed E-state index contributed by atoms with van der Waals surface area (Å²) < 4.78 is 0. The van der Waals surface area contributed by atoms with Gasteiger partial charge in [-0.25, -0.2) is 0 Å². The van der Waals surface area contributed by atoms with E-state index < -0.39 is 0 Å². The first-order valence-corrected chi connectivity index (χ1v) is 6.78. The van der Waals surface area contributed by atoms with Gasteiger partial charge in [-0.15, -0.1) is 0 Å². The number of amides is 1. The van der Waals surface area contributed by atoms with Crippen LogP contribution in [0.2, 0.25) is 0 Å². The molecule has 0 spiro atoms. The lowest BCUT2D eigenvalue weighted by Gasteiger charge is -2.31. The highest BCUT2D eigenvalue weighted by Crippen LogP contribution is 2.37. The number of rotatable bonds is 1. The second-order valence-electron chi connectivity index (χ2n) is 5.36. The number of nitrogen functional groups attached to an aromatic ring is 1. The number of aromatic nitrogens is 1. The van der Waals surface area contributed by atoms with Crippen LogP contribution in [0.1, 0.15) is 42.5 Å². The highest BCUT2D eigenvalue weighted by atomic mass is 16.2. The van der Waals surface area contributed by atoms with Gasteiger partial charge in [0.25, 0.3) is 5.91 Å². The number of anilines is 1. The van der Waals surface area contributed by atoms with E-state index in [2.05, 4.69) is 4.98 Å². The topological polar surface area (TPSA) is 59.2 Å². The van der Waals surface area contributed by atoms with Gasteiger partial charge in [-0.1, -0.05) is 12.8 Å². The number of carbonyl (C=O) groups is 1. The fourth-order valence-corrected chi connectivity index (χ4v) is 3.41. The van der Waals surface area contributed by atoms with Gasteiger partial charge in [-0.2, -0.15) is 0 Å². The van der Waals surface area contributed by atoms with Crippen molar-refractivity contribution in [2.45, 2.75) is 38.1 Å². The van der Waals surface area contributed by atoms with Crippen LogP contribution in [-0.2, 0) is 0 Å². The highest BCUT2D eigenvalue weighted by Gasteiger charge is 2.38. The van der Waals surface area contributed by atoms with E-state index in [0.717, 1.165) is 19.4 Å². The van der Waals surface area contributed by atoms with Gasteiger partial charge in [0.1, 0.15) is 0 Å². The van der Waals surface area contributed by atoms with Crippen molar-refractivity contribution in [2.75, 3.05) is 12.3 Å². The second-order valence-corrected chi connectivity index (χ2v) is 5.36. The summed E-state index contributed by atoms with van der Waals surface area (Å²) in [5.74, 6) is 0.801. The van der Waals surface area contributed by atoms with Crippen molar-refractivity contribution < 1.29 is 4.79 Å². The van der Waals surface area contributed by atoms with Crippen molar-refractivity contribution in [2.24, 2.45) is 5.92 Å². The molecule has 1 amide bonds. The van der Waals surface area contributed by atoms with Crippen molar-refractivity contribution >= 4 is 11.6 Å². The molecule has 1 aliphatic carbocycles. The number of likely N-dealkylation sites (tertiary alicyclic amines) is 1. The molecular weight excluding hydrogens is 226 g/mol. The number of fused-ring (bicyclic) bond motifs is 1. The van der Waals surface area contributed by atoms with Gasteiger partial charge in [-0.3, -0.25) is 9.78 Å². The van der Waals surface area contributed by atoms with Crippen molar-refractivity contribution in [1.82, 2.24) is 9.88 Å². The molecule has 2 aliphatic rings. The van der Waals surface area contributed by atoms with Gasteiger partial charge in [0, 0.05) is 18.8 Å². The summed E-state index contributed by atoms with van der Waals surface area (Å²) in [6, 6.07) is 2.17. The van der Waals surface area contributed by atoms with Crippen molar-refractivity contribution in [3.8, 4) is 0 Å². The molecule has 2 atom stereocenters. The largest absolute Gasteiger partial charge is 0.397 e. The first-order valence-electron chi connectivity index (χ1n) is 6.78. The molecule has 0 aromatic carbocycles. The van der Waals surface area contributed by atoms with Crippen LogP contribution in [0.15, 0.2) is 18.5 Å². The Labute approximate surface area is 107 Å². The van der Waals surface area contributed by atoms with Gasteiger partial charge in [0.15, 0.2) is 0 Å². The summed E-state index contributed by atoms with van der Waals surface area (Å²) in [6.07, 6.45) is 9.35. The lowest BCUT2D eigenvalue weighted by molar-refractivity contribution is 0.0691. The monoisotopic (exact) mass is 245 g/mol. The van der Waals surface area contributed by atoms with Crippen LogP contribution in [0.25, 0.3) is 0 Å². The predicted octanol–water partition coefficient (Wildman–Crippen LogP) is 2.07. The van der Waals surface area contributed by atoms with Gasteiger partial charge in [-0.05, 0) is 31.2 Å². The Morgan fingerprint density at radius 1 is 1.33 bits per heavy atom. The fourth-order valence-electron chi connectivity index (χ4n) is 3.41. The normalized spacial score (nSPS) is 27.0. The average molecular weight is 245 g/mol. The summed E-state index contributed by atoms with van der Waals surface area (Å²) in [6.45, 7) is 0.885. The lowest BCUT2D eigenvalue weighted by Crippen LogP contribution is -2.39. The number of nitrogens with zero attached hydrogens (tertiary/aromatic N) is 2. The average Bonchev–Trinajstić information content (AvgIpc) is 2.82. The zero-order valence-electron chi connectivity index (χ0n) is 10.5. The third-order valence-corrected chi connectivity index (χ3v) is 4.35.